The molecule has 0 saturated heterocycles. The van der Waals surface area contributed by atoms with Gasteiger partial charge in [0.2, 0.25) is 0 Å². The van der Waals surface area contributed by atoms with Crippen molar-refractivity contribution in [1.29, 1.82) is 0 Å². The zero-order valence-electron chi connectivity index (χ0n) is 23.0. The minimum Gasteiger partial charge on any atom is -0.207 e. The van der Waals surface area contributed by atoms with Gasteiger partial charge in [-0.15, -0.1) is 0 Å². The molecule has 3 rings (SSSR count). The van der Waals surface area contributed by atoms with Crippen LogP contribution >= 0.6 is 0 Å². The molecule has 0 fully saturated rings. The summed E-state index contributed by atoms with van der Waals surface area (Å²) in [7, 11) is 0. The highest BCUT2D eigenvalue weighted by atomic mass is 19.1. The molecule has 38 heavy (non-hydrogen) atoms. The van der Waals surface area contributed by atoms with Gasteiger partial charge < -0.3 is 0 Å². The van der Waals surface area contributed by atoms with Gasteiger partial charge in [-0.25, -0.2) is 8.78 Å². The summed E-state index contributed by atoms with van der Waals surface area (Å²) < 4.78 is 29.1. The van der Waals surface area contributed by atoms with Crippen LogP contribution in [-0.4, -0.2) is 0 Å². The summed E-state index contributed by atoms with van der Waals surface area (Å²) in [5.74, 6) is 11.3. The second kappa shape index (κ2) is 16.5. The van der Waals surface area contributed by atoms with Crippen LogP contribution in [0.3, 0.4) is 0 Å². The maximum atomic E-state index is 14.7. The van der Waals surface area contributed by atoms with E-state index < -0.39 is 5.82 Å². The maximum Gasteiger partial charge on any atom is 0.140 e. The summed E-state index contributed by atoms with van der Waals surface area (Å²) in [6.07, 6.45) is 14.0. The predicted molar refractivity (Wildman–Crippen MR) is 156 cm³/mol. The van der Waals surface area contributed by atoms with Crippen LogP contribution in [0.4, 0.5) is 8.78 Å². The Kier molecular flexibility index (Phi) is 12.7. The molecule has 0 aliphatic heterocycles. The third-order valence-electron chi connectivity index (χ3n) is 6.79. The van der Waals surface area contributed by atoms with Gasteiger partial charge in [0.25, 0.3) is 0 Å². The molecular formula is C36H40F2. The molecule has 3 aromatic carbocycles. The van der Waals surface area contributed by atoms with Gasteiger partial charge in [-0.05, 0) is 79.3 Å². The van der Waals surface area contributed by atoms with Crippen LogP contribution in [0.25, 0.3) is 0 Å². The molecule has 0 aliphatic carbocycles. The lowest BCUT2D eigenvalue weighted by molar-refractivity contribution is 0.587. The minimum absolute atomic E-state index is 0.218. The van der Waals surface area contributed by atoms with Crippen molar-refractivity contribution in [2.45, 2.75) is 90.9 Å². The highest BCUT2D eigenvalue weighted by Gasteiger charge is 2.04. The topological polar surface area (TPSA) is 0 Å². The second-order valence-corrected chi connectivity index (χ2v) is 10.0. The van der Waals surface area contributed by atoms with Crippen molar-refractivity contribution in [3.8, 4) is 23.7 Å². The van der Waals surface area contributed by atoms with E-state index in [2.05, 4.69) is 49.7 Å². The lowest BCUT2D eigenvalue weighted by Crippen LogP contribution is -1.92. The largest absolute Gasteiger partial charge is 0.207 e. The fourth-order valence-corrected chi connectivity index (χ4v) is 4.41. The summed E-state index contributed by atoms with van der Waals surface area (Å²) in [4.78, 5) is 0. The first kappa shape index (κ1) is 29.2. The molecule has 0 amide bonds. The van der Waals surface area contributed by atoms with Crippen LogP contribution < -0.4 is 0 Å². The van der Waals surface area contributed by atoms with Crippen LogP contribution in [0.2, 0.25) is 0 Å². The van der Waals surface area contributed by atoms with Crippen molar-refractivity contribution in [1.82, 2.24) is 0 Å². The third-order valence-corrected chi connectivity index (χ3v) is 6.79. The molecule has 0 unspecified atom stereocenters. The molecule has 198 valence electrons. The van der Waals surface area contributed by atoms with Crippen molar-refractivity contribution >= 4 is 0 Å². The summed E-state index contributed by atoms with van der Waals surface area (Å²) >= 11 is 0. The number of hydrogen-bond acceptors (Lipinski definition) is 0. The normalized spacial score (nSPS) is 10.4. The van der Waals surface area contributed by atoms with E-state index in [0.717, 1.165) is 36.8 Å². The summed E-state index contributed by atoms with van der Waals surface area (Å²) in [5.41, 5.74) is 4.39. The molecule has 2 heteroatoms. The molecule has 0 bridgehead atoms. The molecule has 3 aromatic rings. The third kappa shape index (κ3) is 10.2. The van der Waals surface area contributed by atoms with Crippen LogP contribution in [0.15, 0.2) is 60.7 Å². The van der Waals surface area contributed by atoms with Gasteiger partial charge >= 0.3 is 0 Å². The zero-order chi connectivity index (χ0) is 27.0. The van der Waals surface area contributed by atoms with Gasteiger partial charge in [-0.1, -0.05) is 107 Å². The highest BCUT2D eigenvalue weighted by molar-refractivity contribution is 5.49. The van der Waals surface area contributed by atoms with E-state index in [1.165, 1.54) is 69.1 Å². The molecule has 0 nitrogen and oxygen atoms in total. The first-order chi connectivity index (χ1) is 18.6. The van der Waals surface area contributed by atoms with Crippen molar-refractivity contribution in [2.24, 2.45) is 0 Å². The molecule has 0 N–H and O–H groups in total. The monoisotopic (exact) mass is 510 g/mol. The molecular weight excluding hydrogens is 470 g/mol. The first-order valence-corrected chi connectivity index (χ1v) is 14.3. The molecule has 0 aromatic heterocycles. The van der Waals surface area contributed by atoms with E-state index in [9.17, 15) is 8.78 Å². The Morgan fingerprint density at radius 2 is 1.03 bits per heavy atom. The Balaban J connectivity index is 1.55. The Hall–Kier alpha value is -3.36. The Bertz CT molecular complexity index is 1260. The molecule has 0 aliphatic rings. The van der Waals surface area contributed by atoms with Crippen LogP contribution in [0.1, 0.15) is 111 Å². The van der Waals surface area contributed by atoms with E-state index >= 15 is 0 Å². The zero-order valence-corrected chi connectivity index (χ0v) is 23.0. The van der Waals surface area contributed by atoms with E-state index in [4.69, 9.17) is 0 Å². The Morgan fingerprint density at radius 1 is 0.500 bits per heavy atom. The average Bonchev–Trinajstić information content (AvgIpc) is 2.93. The number of halogens is 2. The van der Waals surface area contributed by atoms with Crippen molar-refractivity contribution < 1.29 is 8.78 Å². The van der Waals surface area contributed by atoms with E-state index in [1.54, 1.807) is 12.1 Å². The molecule has 0 heterocycles. The number of hydrogen-bond donors (Lipinski definition) is 0. The lowest BCUT2D eigenvalue weighted by Gasteiger charge is -2.04. The quantitative estimate of drug-likeness (QED) is 0.168. The Morgan fingerprint density at radius 3 is 1.63 bits per heavy atom. The van der Waals surface area contributed by atoms with Crippen LogP contribution in [-0.2, 0) is 12.8 Å². The fourth-order valence-electron chi connectivity index (χ4n) is 4.41. The van der Waals surface area contributed by atoms with Crippen molar-refractivity contribution in [3.05, 3.63) is 106 Å². The number of aryl methyl sites for hydroxylation is 2. The summed E-state index contributed by atoms with van der Waals surface area (Å²) in [6, 6.07) is 18.2. The van der Waals surface area contributed by atoms with Crippen LogP contribution in [0.5, 0.6) is 0 Å². The standard InChI is InChI=1S/C36H40F2/c1-3-5-7-9-11-13-29-15-17-30(18-16-29)21-24-34-26-23-32(28-36(34)38)20-19-31-22-25-33(35(37)27-31)14-12-10-8-6-4-2/h15-18,22-23,25-28H,3-14H2,1-2H3. The van der Waals surface area contributed by atoms with Gasteiger partial charge in [-0.3, -0.25) is 0 Å². The second-order valence-electron chi connectivity index (χ2n) is 10.0. The smallest absolute Gasteiger partial charge is 0.140 e. The average molecular weight is 511 g/mol. The number of rotatable bonds is 12. The minimum atomic E-state index is -0.405. The lowest BCUT2D eigenvalue weighted by atomic mass is 10.0. The number of unbranched alkanes of at least 4 members (excludes halogenated alkanes) is 8. The molecule has 0 atom stereocenters. The van der Waals surface area contributed by atoms with Crippen molar-refractivity contribution in [2.75, 3.05) is 0 Å². The SMILES string of the molecule is CCCCCCCc1ccc(C#Cc2ccc(C#Cc3ccc(CCCCCCC)c(F)c3)cc2F)cc1. The molecule has 0 radical (unpaired) electrons. The van der Waals surface area contributed by atoms with Gasteiger partial charge in [0.1, 0.15) is 11.6 Å². The van der Waals surface area contributed by atoms with E-state index in [-0.39, 0.29) is 5.82 Å². The van der Waals surface area contributed by atoms with Crippen molar-refractivity contribution in [3.63, 3.8) is 0 Å². The van der Waals surface area contributed by atoms with Gasteiger partial charge in [-0.2, -0.15) is 0 Å². The Labute approximate surface area is 228 Å². The molecule has 0 spiro atoms. The number of benzene rings is 3. The molecule has 0 saturated carbocycles. The summed E-state index contributed by atoms with van der Waals surface area (Å²) in [6.45, 7) is 4.42. The van der Waals surface area contributed by atoms with Gasteiger partial charge in [0.15, 0.2) is 0 Å². The van der Waals surface area contributed by atoms with E-state index in [0.29, 0.717) is 16.7 Å². The van der Waals surface area contributed by atoms with E-state index in [1.807, 2.05) is 24.3 Å². The fraction of sp³-hybridized carbons (Fsp3) is 0.389. The van der Waals surface area contributed by atoms with Gasteiger partial charge in [0, 0.05) is 16.7 Å². The predicted octanol–water partition coefficient (Wildman–Crippen LogP) is 9.79. The maximum absolute atomic E-state index is 14.7. The van der Waals surface area contributed by atoms with Gasteiger partial charge in [0.05, 0.1) is 5.56 Å². The first-order valence-electron chi connectivity index (χ1n) is 14.3. The highest BCUT2D eigenvalue weighted by Crippen LogP contribution is 2.15. The van der Waals surface area contributed by atoms with Crippen LogP contribution in [0, 0.1) is 35.3 Å². The summed E-state index contributed by atoms with van der Waals surface area (Å²) in [5, 5.41) is 0.